The lowest BCUT2D eigenvalue weighted by atomic mass is 10.1. The number of hydrogen-bond acceptors (Lipinski definition) is 6. The van der Waals surface area contributed by atoms with Gasteiger partial charge in [0.1, 0.15) is 5.01 Å². The lowest BCUT2D eigenvalue weighted by Gasteiger charge is -2.14. The highest BCUT2D eigenvalue weighted by atomic mass is 35.5. The van der Waals surface area contributed by atoms with E-state index in [1.54, 1.807) is 0 Å². The van der Waals surface area contributed by atoms with Gasteiger partial charge in [0.05, 0.1) is 26.9 Å². The van der Waals surface area contributed by atoms with Gasteiger partial charge in [-0.25, -0.2) is 4.90 Å². The second-order valence-corrected chi connectivity index (χ2v) is 8.68. The number of anilines is 2. The molecule has 0 aliphatic carbocycles. The maximum Gasteiger partial charge on any atom is 0.266 e. The third kappa shape index (κ3) is 3.58. The summed E-state index contributed by atoms with van der Waals surface area (Å²) in [5.74, 6) is -1.28. The Kier molecular flexibility index (Phi) is 5.31. The molecule has 30 heavy (non-hydrogen) atoms. The van der Waals surface area contributed by atoms with Crippen molar-refractivity contribution in [3.05, 3.63) is 68.1 Å². The molecular formula is C20H14Cl2N4O3S. The van der Waals surface area contributed by atoms with Crippen molar-refractivity contribution in [3.63, 3.8) is 0 Å². The number of carbonyl (C=O) groups is 3. The molecule has 2 heterocycles. The third-order valence-corrected chi connectivity index (χ3v) is 6.34. The van der Waals surface area contributed by atoms with E-state index in [0.29, 0.717) is 15.8 Å². The van der Waals surface area contributed by atoms with E-state index in [0.717, 1.165) is 9.91 Å². The molecule has 2 aromatic carbocycles. The van der Waals surface area contributed by atoms with E-state index < -0.39 is 17.7 Å². The molecule has 3 aromatic rings. The largest absolute Gasteiger partial charge is 0.296 e. The molecular weight excluding hydrogens is 447 g/mol. The van der Waals surface area contributed by atoms with Gasteiger partial charge < -0.3 is 0 Å². The van der Waals surface area contributed by atoms with Gasteiger partial charge in [0, 0.05) is 11.5 Å². The van der Waals surface area contributed by atoms with Crippen molar-refractivity contribution < 1.29 is 14.4 Å². The number of aromatic nitrogens is 2. The van der Waals surface area contributed by atoms with E-state index in [9.17, 15) is 14.4 Å². The predicted molar refractivity (Wildman–Crippen MR) is 116 cm³/mol. The summed E-state index contributed by atoms with van der Waals surface area (Å²) in [5, 5.41) is 12.4. The Balaban J connectivity index is 1.61. The average Bonchev–Trinajstić information content (AvgIpc) is 3.27. The molecule has 0 saturated heterocycles. The van der Waals surface area contributed by atoms with E-state index in [-0.39, 0.29) is 27.6 Å². The van der Waals surface area contributed by atoms with Crippen molar-refractivity contribution >= 4 is 63.1 Å². The zero-order chi connectivity index (χ0) is 21.6. The molecule has 4 rings (SSSR count). The Morgan fingerprint density at radius 3 is 2.40 bits per heavy atom. The third-order valence-electron chi connectivity index (χ3n) is 4.47. The Morgan fingerprint density at radius 2 is 1.73 bits per heavy atom. The summed E-state index contributed by atoms with van der Waals surface area (Å²) in [6.45, 7) is 3.96. The van der Waals surface area contributed by atoms with Crippen LogP contribution in [0.1, 0.15) is 55.8 Å². The van der Waals surface area contributed by atoms with Crippen molar-refractivity contribution in [1.29, 1.82) is 0 Å². The SMILES string of the molecule is CC(C)c1nnc(NC(=O)c2ccc3c(c2)C(=O)N(c2ccc(Cl)c(Cl)c2)C3=O)s1. The molecule has 1 aromatic heterocycles. The smallest absolute Gasteiger partial charge is 0.266 e. The minimum Gasteiger partial charge on any atom is -0.296 e. The lowest BCUT2D eigenvalue weighted by Crippen LogP contribution is -2.29. The molecule has 1 aliphatic heterocycles. The Morgan fingerprint density at radius 1 is 1.00 bits per heavy atom. The summed E-state index contributed by atoms with van der Waals surface area (Å²) in [6, 6.07) is 8.83. The fraction of sp³-hybridized carbons (Fsp3) is 0.150. The topological polar surface area (TPSA) is 92.3 Å². The van der Waals surface area contributed by atoms with Gasteiger partial charge in [0.25, 0.3) is 17.7 Å². The molecule has 0 bridgehead atoms. The maximum absolute atomic E-state index is 12.9. The van der Waals surface area contributed by atoms with Crippen molar-refractivity contribution in [3.8, 4) is 0 Å². The first kappa shape index (κ1) is 20.5. The van der Waals surface area contributed by atoms with Crippen LogP contribution in [0.3, 0.4) is 0 Å². The lowest BCUT2D eigenvalue weighted by molar-refractivity contribution is 0.0925. The Labute approximate surface area is 185 Å². The molecule has 1 N–H and O–H groups in total. The second kappa shape index (κ2) is 7.79. The number of fused-ring (bicyclic) bond motifs is 1. The fourth-order valence-corrected chi connectivity index (χ4v) is 3.96. The molecule has 0 atom stereocenters. The first-order valence-electron chi connectivity index (χ1n) is 8.89. The number of nitrogens with one attached hydrogen (secondary N) is 1. The van der Waals surface area contributed by atoms with Crippen molar-refractivity contribution in [2.75, 3.05) is 10.2 Å². The minimum atomic E-state index is -0.541. The number of amides is 3. The number of nitrogens with zero attached hydrogens (tertiary/aromatic N) is 3. The number of carbonyl (C=O) groups excluding carboxylic acids is 3. The van der Waals surface area contributed by atoms with Crippen LogP contribution in [-0.2, 0) is 0 Å². The first-order chi connectivity index (χ1) is 14.3. The molecule has 0 saturated carbocycles. The zero-order valence-electron chi connectivity index (χ0n) is 15.8. The van der Waals surface area contributed by atoms with Gasteiger partial charge in [0.2, 0.25) is 5.13 Å². The average molecular weight is 461 g/mol. The number of hydrogen-bond donors (Lipinski definition) is 1. The summed E-state index contributed by atoms with van der Waals surface area (Å²) in [6.07, 6.45) is 0. The molecule has 0 fully saturated rings. The highest BCUT2D eigenvalue weighted by Crippen LogP contribution is 2.33. The van der Waals surface area contributed by atoms with Crippen LogP contribution in [0.4, 0.5) is 10.8 Å². The fourth-order valence-electron chi connectivity index (χ4n) is 2.93. The Bertz CT molecular complexity index is 1210. The van der Waals surface area contributed by atoms with Crippen LogP contribution >= 0.6 is 34.5 Å². The van der Waals surface area contributed by atoms with Crippen molar-refractivity contribution in [1.82, 2.24) is 10.2 Å². The number of imide groups is 1. The molecule has 7 nitrogen and oxygen atoms in total. The van der Waals surface area contributed by atoms with Crippen molar-refractivity contribution in [2.24, 2.45) is 0 Å². The second-order valence-electron chi connectivity index (χ2n) is 6.86. The van der Waals surface area contributed by atoms with Gasteiger partial charge in [0.15, 0.2) is 0 Å². The monoisotopic (exact) mass is 460 g/mol. The van der Waals surface area contributed by atoms with E-state index in [2.05, 4.69) is 15.5 Å². The van der Waals surface area contributed by atoms with Gasteiger partial charge in [-0.1, -0.05) is 48.4 Å². The molecule has 0 radical (unpaired) electrons. The first-order valence-corrected chi connectivity index (χ1v) is 10.5. The van der Waals surface area contributed by atoms with Gasteiger partial charge in [-0.3, -0.25) is 19.7 Å². The van der Waals surface area contributed by atoms with Gasteiger partial charge >= 0.3 is 0 Å². The highest BCUT2D eigenvalue weighted by molar-refractivity contribution is 7.15. The van der Waals surface area contributed by atoms with E-state index in [1.807, 2.05) is 13.8 Å². The number of rotatable bonds is 4. The van der Waals surface area contributed by atoms with E-state index >= 15 is 0 Å². The molecule has 0 spiro atoms. The van der Waals surface area contributed by atoms with Crippen LogP contribution < -0.4 is 10.2 Å². The maximum atomic E-state index is 12.9. The summed E-state index contributed by atoms with van der Waals surface area (Å²) < 4.78 is 0. The van der Waals surface area contributed by atoms with Crippen LogP contribution in [0.25, 0.3) is 0 Å². The van der Waals surface area contributed by atoms with Crippen LogP contribution in [-0.4, -0.2) is 27.9 Å². The molecule has 1 aliphatic rings. The van der Waals surface area contributed by atoms with Crippen LogP contribution in [0.15, 0.2) is 36.4 Å². The van der Waals surface area contributed by atoms with Gasteiger partial charge in [-0.05, 0) is 36.4 Å². The predicted octanol–water partition coefficient (Wildman–Crippen LogP) is 5.02. The van der Waals surface area contributed by atoms with E-state index in [4.69, 9.17) is 23.2 Å². The Hall–Kier alpha value is -2.81. The number of benzene rings is 2. The van der Waals surface area contributed by atoms with Gasteiger partial charge in [-0.15, -0.1) is 10.2 Å². The van der Waals surface area contributed by atoms with Crippen molar-refractivity contribution in [2.45, 2.75) is 19.8 Å². The number of halogens is 2. The summed E-state index contributed by atoms with van der Waals surface area (Å²) in [7, 11) is 0. The summed E-state index contributed by atoms with van der Waals surface area (Å²) in [5.41, 5.74) is 0.878. The zero-order valence-corrected chi connectivity index (χ0v) is 18.1. The van der Waals surface area contributed by atoms with E-state index in [1.165, 1.54) is 47.7 Å². The van der Waals surface area contributed by atoms with Gasteiger partial charge in [-0.2, -0.15) is 0 Å². The molecule has 0 unspecified atom stereocenters. The quantitative estimate of drug-likeness (QED) is 0.551. The summed E-state index contributed by atoms with van der Waals surface area (Å²) >= 11 is 13.2. The molecule has 152 valence electrons. The highest BCUT2D eigenvalue weighted by Gasteiger charge is 2.37. The van der Waals surface area contributed by atoms with Crippen LogP contribution in [0, 0.1) is 0 Å². The van der Waals surface area contributed by atoms with Crippen LogP contribution in [0.5, 0.6) is 0 Å². The molecule has 3 amide bonds. The van der Waals surface area contributed by atoms with Crippen LogP contribution in [0.2, 0.25) is 10.0 Å². The minimum absolute atomic E-state index is 0.138. The standard InChI is InChI=1S/C20H14Cl2N4O3S/c1-9(2)17-24-25-20(30-17)23-16(27)10-3-5-12-13(7-10)19(29)26(18(12)28)11-4-6-14(21)15(22)8-11/h3-9H,1-2H3,(H,23,25,27). The normalized spacial score (nSPS) is 13.2. The molecule has 10 heteroatoms. The summed E-state index contributed by atoms with van der Waals surface area (Å²) in [4.78, 5) is 39.3.